The maximum atomic E-state index is 12.6. The fourth-order valence-corrected chi connectivity index (χ4v) is 3.20. The molecule has 2 aromatic carbocycles. The van der Waals surface area contributed by atoms with E-state index in [4.69, 9.17) is 24.2 Å². The van der Waals surface area contributed by atoms with Crippen LogP contribution in [0.4, 0.5) is 10.5 Å². The van der Waals surface area contributed by atoms with E-state index in [9.17, 15) is 14.7 Å². The number of benzene rings is 2. The Morgan fingerprint density at radius 1 is 1.19 bits per heavy atom. The molecule has 10 nitrogen and oxygen atoms in total. The molecule has 1 heterocycles. The monoisotopic (exact) mass is 494 g/mol. The van der Waals surface area contributed by atoms with Crippen molar-refractivity contribution in [2.75, 3.05) is 19.2 Å². The van der Waals surface area contributed by atoms with E-state index in [1.807, 2.05) is 0 Å². The molecule has 2 amide bonds. The van der Waals surface area contributed by atoms with Crippen LogP contribution in [0.15, 0.2) is 53.0 Å². The molecule has 164 valence electrons. The normalized spacial score (nSPS) is 14.2. The van der Waals surface area contributed by atoms with Crippen molar-refractivity contribution in [3.05, 3.63) is 58.6 Å². The van der Waals surface area contributed by atoms with E-state index in [2.05, 4.69) is 21.2 Å². The van der Waals surface area contributed by atoms with E-state index in [-0.39, 0.29) is 18.1 Å². The predicted octanol–water partition coefficient (Wildman–Crippen LogP) is 3.25. The zero-order chi connectivity index (χ0) is 22.4. The summed E-state index contributed by atoms with van der Waals surface area (Å²) in [5, 5.41) is 21.6. The molecule has 0 aliphatic carbocycles. The quantitative estimate of drug-likeness (QED) is 0.261. The average Bonchev–Trinajstić information content (AvgIpc) is 3.22. The SMILES string of the molecule is CO[C@@H](/C=C/C(=O)NO)[C@@H](OC(=O)Nc1ccc2c(c1)OCO2)c1cc(Br)ccc1O. The number of halogens is 1. The van der Waals surface area contributed by atoms with Crippen LogP contribution in [0.3, 0.4) is 0 Å². The van der Waals surface area contributed by atoms with Crippen molar-refractivity contribution in [3.8, 4) is 17.2 Å². The lowest BCUT2D eigenvalue weighted by molar-refractivity contribution is -0.124. The second-order valence-corrected chi connectivity index (χ2v) is 7.17. The summed E-state index contributed by atoms with van der Waals surface area (Å²) in [5.74, 6) is 0.0875. The van der Waals surface area contributed by atoms with Crippen LogP contribution in [-0.2, 0) is 14.3 Å². The zero-order valence-electron chi connectivity index (χ0n) is 16.2. The van der Waals surface area contributed by atoms with Gasteiger partial charge in [-0.15, -0.1) is 0 Å². The lowest BCUT2D eigenvalue weighted by Crippen LogP contribution is -2.27. The number of methoxy groups -OCH3 is 1. The van der Waals surface area contributed by atoms with Crippen molar-refractivity contribution in [1.82, 2.24) is 5.48 Å². The Balaban J connectivity index is 1.84. The molecule has 0 radical (unpaired) electrons. The summed E-state index contributed by atoms with van der Waals surface area (Å²) >= 11 is 3.31. The zero-order valence-corrected chi connectivity index (χ0v) is 17.8. The predicted molar refractivity (Wildman–Crippen MR) is 111 cm³/mol. The molecule has 0 spiro atoms. The number of hydrogen-bond acceptors (Lipinski definition) is 8. The van der Waals surface area contributed by atoms with E-state index in [0.29, 0.717) is 21.7 Å². The Morgan fingerprint density at radius 3 is 2.71 bits per heavy atom. The summed E-state index contributed by atoms with van der Waals surface area (Å²) in [6.07, 6.45) is -0.663. The van der Waals surface area contributed by atoms with Gasteiger partial charge in [0.2, 0.25) is 6.79 Å². The van der Waals surface area contributed by atoms with Crippen molar-refractivity contribution in [3.63, 3.8) is 0 Å². The molecule has 2 aromatic rings. The molecule has 0 saturated heterocycles. The highest BCUT2D eigenvalue weighted by atomic mass is 79.9. The summed E-state index contributed by atoms with van der Waals surface area (Å²) in [6, 6.07) is 9.42. The first-order valence-corrected chi connectivity index (χ1v) is 9.71. The minimum Gasteiger partial charge on any atom is -0.508 e. The first kappa shape index (κ1) is 22.4. The van der Waals surface area contributed by atoms with Crippen molar-refractivity contribution in [1.29, 1.82) is 0 Å². The van der Waals surface area contributed by atoms with Gasteiger partial charge in [-0.05, 0) is 36.4 Å². The van der Waals surface area contributed by atoms with Crippen LogP contribution >= 0.6 is 15.9 Å². The van der Waals surface area contributed by atoms with Gasteiger partial charge in [0, 0.05) is 35.0 Å². The van der Waals surface area contributed by atoms with E-state index in [1.165, 1.54) is 24.7 Å². The number of hydroxylamine groups is 1. The van der Waals surface area contributed by atoms with Crippen LogP contribution in [0.1, 0.15) is 11.7 Å². The minimum atomic E-state index is -1.14. The average molecular weight is 495 g/mol. The van der Waals surface area contributed by atoms with Crippen molar-refractivity contribution >= 4 is 33.6 Å². The van der Waals surface area contributed by atoms with Gasteiger partial charge in [0.1, 0.15) is 11.9 Å². The van der Waals surface area contributed by atoms with Gasteiger partial charge >= 0.3 is 6.09 Å². The van der Waals surface area contributed by atoms with E-state index in [1.54, 1.807) is 30.3 Å². The molecule has 4 N–H and O–H groups in total. The minimum absolute atomic E-state index is 0.0940. The van der Waals surface area contributed by atoms with Crippen LogP contribution < -0.4 is 20.3 Å². The number of carbonyl (C=O) groups excluding carboxylic acids is 2. The highest BCUT2D eigenvalue weighted by Crippen LogP contribution is 2.36. The lowest BCUT2D eigenvalue weighted by Gasteiger charge is -2.25. The molecule has 11 heteroatoms. The number of anilines is 1. The van der Waals surface area contributed by atoms with E-state index >= 15 is 0 Å². The van der Waals surface area contributed by atoms with Gasteiger partial charge in [-0.1, -0.05) is 15.9 Å². The first-order valence-electron chi connectivity index (χ1n) is 8.92. The lowest BCUT2D eigenvalue weighted by atomic mass is 10.0. The maximum Gasteiger partial charge on any atom is 0.412 e. The van der Waals surface area contributed by atoms with Gasteiger partial charge in [-0.25, -0.2) is 10.3 Å². The number of fused-ring (bicyclic) bond motifs is 1. The largest absolute Gasteiger partial charge is 0.508 e. The molecule has 3 rings (SSSR count). The number of ether oxygens (including phenoxy) is 4. The van der Waals surface area contributed by atoms with Gasteiger partial charge < -0.3 is 24.1 Å². The fourth-order valence-electron chi connectivity index (χ4n) is 2.82. The number of phenols is 1. The van der Waals surface area contributed by atoms with Crippen molar-refractivity contribution in [2.45, 2.75) is 12.2 Å². The van der Waals surface area contributed by atoms with Crippen molar-refractivity contribution in [2.24, 2.45) is 0 Å². The molecule has 0 saturated carbocycles. The number of aromatic hydroxyl groups is 1. The molecule has 1 aliphatic rings. The summed E-state index contributed by atoms with van der Waals surface area (Å²) in [7, 11) is 1.34. The standard InChI is InChI=1S/C20H19BrN2O8/c1-28-16(6-7-18(25)23-27)19(13-8-11(21)2-4-14(13)24)31-20(26)22-12-3-5-15-17(9-12)30-10-29-15/h2-9,16,19,24,27H,10H2,1H3,(H,22,26)(H,23,25)/b7-6+/t16-,19-/m0/s1. The molecular weight excluding hydrogens is 476 g/mol. The molecule has 0 fully saturated rings. The highest BCUT2D eigenvalue weighted by Gasteiger charge is 2.29. The first-order chi connectivity index (χ1) is 14.9. The smallest absolute Gasteiger partial charge is 0.412 e. The van der Waals surface area contributed by atoms with Crippen LogP contribution in [0, 0.1) is 0 Å². The Bertz CT molecular complexity index is 997. The summed E-state index contributed by atoms with van der Waals surface area (Å²) in [4.78, 5) is 24.0. The molecule has 0 bridgehead atoms. The number of rotatable bonds is 7. The molecule has 2 atom stereocenters. The Labute approximate surface area is 185 Å². The molecular formula is C20H19BrN2O8. The summed E-state index contributed by atoms with van der Waals surface area (Å²) < 4.78 is 22.0. The van der Waals surface area contributed by atoms with Gasteiger partial charge in [-0.3, -0.25) is 15.3 Å². The van der Waals surface area contributed by atoms with E-state index < -0.39 is 24.2 Å². The van der Waals surface area contributed by atoms with Crippen LogP contribution in [-0.4, -0.2) is 42.3 Å². The number of amides is 2. The third kappa shape index (κ3) is 5.66. The fraction of sp³-hybridized carbons (Fsp3) is 0.200. The Hall–Kier alpha value is -3.28. The second kappa shape index (κ2) is 10.2. The summed E-state index contributed by atoms with van der Waals surface area (Å²) in [6.45, 7) is 0.0940. The van der Waals surface area contributed by atoms with E-state index in [0.717, 1.165) is 6.08 Å². The topological polar surface area (TPSA) is 136 Å². The van der Waals surface area contributed by atoms with Crippen LogP contribution in [0.2, 0.25) is 0 Å². The number of carbonyl (C=O) groups is 2. The Morgan fingerprint density at radius 2 is 1.97 bits per heavy atom. The van der Waals surface area contributed by atoms with Gasteiger partial charge in [0.05, 0.1) is 0 Å². The number of hydrogen-bond donors (Lipinski definition) is 4. The molecule has 31 heavy (non-hydrogen) atoms. The van der Waals surface area contributed by atoms with Gasteiger partial charge in [-0.2, -0.15) is 0 Å². The van der Waals surface area contributed by atoms with Gasteiger partial charge in [0.25, 0.3) is 5.91 Å². The third-order valence-electron chi connectivity index (χ3n) is 4.27. The maximum absolute atomic E-state index is 12.6. The van der Waals surface area contributed by atoms with Crippen LogP contribution in [0.25, 0.3) is 0 Å². The highest BCUT2D eigenvalue weighted by molar-refractivity contribution is 9.10. The third-order valence-corrected chi connectivity index (χ3v) is 4.76. The number of nitrogens with one attached hydrogen (secondary N) is 2. The van der Waals surface area contributed by atoms with Crippen molar-refractivity contribution < 1.29 is 38.9 Å². The van der Waals surface area contributed by atoms with Crippen LogP contribution in [0.5, 0.6) is 17.2 Å². The van der Waals surface area contributed by atoms with Gasteiger partial charge in [0.15, 0.2) is 17.6 Å². The molecule has 0 unspecified atom stereocenters. The molecule has 1 aliphatic heterocycles. The summed E-state index contributed by atoms with van der Waals surface area (Å²) in [5.41, 5.74) is 2.09. The number of phenolic OH excluding ortho intramolecular Hbond substituents is 1. The second-order valence-electron chi connectivity index (χ2n) is 6.26. The molecule has 0 aromatic heterocycles. The Kier molecular flexibility index (Phi) is 7.34.